The van der Waals surface area contributed by atoms with E-state index in [4.69, 9.17) is 16.6 Å². The molecule has 0 fully saturated rings. The van der Waals surface area contributed by atoms with Crippen molar-refractivity contribution in [3.63, 3.8) is 0 Å². The van der Waals surface area contributed by atoms with Crippen LogP contribution in [0.5, 0.6) is 0 Å². The molecule has 6 N–H and O–H groups in total. The first-order valence-corrected chi connectivity index (χ1v) is 4.45. The van der Waals surface area contributed by atoms with Crippen molar-refractivity contribution in [3.8, 4) is 0 Å². The van der Waals surface area contributed by atoms with Crippen molar-refractivity contribution in [2.45, 2.75) is 13.0 Å². The Bertz CT molecular complexity index is 367. The highest BCUT2D eigenvalue weighted by Crippen LogP contribution is 2.14. The van der Waals surface area contributed by atoms with Crippen LogP contribution in [0, 0.1) is 6.92 Å². The molecule has 0 aliphatic rings. The number of aliphatic hydroxyl groups is 1. The molecule has 0 saturated carbocycles. The van der Waals surface area contributed by atoms with Crippen LogP contribution in [0.4, 0.5) is 11.5 Å². The Morgan fingerprint density at radius 3 is 2.93 bits per heavy atom. The Kier molecular flexibility index (Phi) is 3.46. The van der Waals surface area contributed by atoms with E-state index in [1.165, 1.54) is 0 Å². The molecule has 0 aromatic carbocycles. The summed E-state index contributed by atoms with van der Waals surface area (Å²) in [5.41, 5.74) is 11.8. The summed E-state index contributed by atoms with van der Waals surface area (Å²) in [6.45, 7) is 1.81. The quantitative estimate of drug-likeness (QED) is 0.521. The highest BCUT2D eigenvalue weighted by Gasteiger charge is 2.11. The van der Waals surface area contributed by atoms with Crippen LogP contribution in [0.3, 0.4) is 0 Å². The van der Waals surface area contributed by atoms with Gasteiger partial charge in [0.2, 0.25) is 5.91 Å². The Labute approximate surface area is 87.3 Å². The standard InChI is InChI=1S/C9H14N4O2/c1-5-2-3-6(10)9(13-5)12-4-7(14)8(11)15/h2-3,7,14H,4,10H2,1H3,(H2,11,15)(H,12,13). The lowest BCUT2D eigenvalue weighted by Crippen LogP contribution is -2.34. The minimum absolute atomic E-state index is 0.00398. The van der Waals surface area contributed by atoms with Gasteiger partial charge in [0.15, 0.2) is 0 Å². The summed E-state index contributed by atoms with van der Waals surface area (Å²) in [7, 11) is 0. The number of nitrogens with two attached hydrogens (primary N) is 2. The summed E-state index contributed by atoms with van der Waals surface area (Å²) in [4.78, 5) is 14.7. The molecular formula is C9H14N4O2. The zero-order valence-corrected chi connectivity index (χ0v) is 8.40. The van der Waals surface area contributed by atoms with Crippen molar-refractivity contribution in [1.82, 2.24) is 4.98 Å². The van der Waals surface area contributed by atoms with E-state index in [2.05, 4.69) is 10.3 Å². The molecule has 0 spiro atoms. The van der Waals surface area contributed by atoms with Gasteiger partial charge >= 0.3 is 0 Å². The maximum absolute atomic E-state index is 10.6. The molecule has 0 aliphatic heterocycles. The molecule has 1 amide bonds. The monoisotopic (exact) mass is 210 g/mol. The molecule has 82 valence electrons. The number of rotatable bonds is 4. The van der Waals surface area contributed by atoms with Crippen molar-refractivity contribution in [2.24, 2.45) is 5.73 Å². The molecule has 1 aromatic rings. The molecule has 0 aliphatic carbocycles. The Morgan fingerprint density at radius 2 is 2.33 bits per heavy atom. The number of aliphatic hydroxyl groups excluding tert-OH is 1. The van der Waals surface area contributed by atoms with Gasteiger partial charge in [0, 0.05) is 5.69 Å². The minimum Gasteiger partial charge on any atom is -0.396 e. The number of carbonyl (C=O) groups is 1. The minimum atomic E-state index is -1.24. The lowest BCUT2D eigenvalue weighted by atomic mass is 10.3. The van der Waals surface area contributed by atoms with Crippen LogP contribution in [0.25, 0.3) is 0 Å². The summed E-state index contributed by atoms with van der Waals surface area (Å²) in [5.74, 6) is -0.343. The molecule has 0 radical (unpaired) electrons. The topological polar surface area (TPSA) is 114 Å². The van der Waals surface area contributed by atoms with Crippen molar-refractivity contribution < 1.29 is 9.90 Å². The van der Waals surface area contributed by atoms with E-state index in [-0.39, 0.29) is 6.54 Å². The van der Waals surface area contributed by atoms with Gasteiger partial charge in [0.05, 0.1) is 12.2 Å². The summed E-state index contributed by atoms with van der Waals surface area (Å²) >= 11 is 0. The average Bonchev–Trinajstić information content (AvgIpc) is 2.18. The van der Waals surface area contributed by atoms with Gasteiger partial charge in [-0.05, 0) is 19.1 Å². The van der Waals surface area contributed by atoms with Crippen LogP contribution in [-0.4, -0.2) is 28.6 Å². The second-order valence-electron chi connectivity index (χ2n) is 3.19. The summed E-state index contributed by atoms with van der Waals surface area (Å²) in [5, 5.41) is 11.9. The van der Waals surface area contributed by atoms with Crippen molar-refractivity contribution >= 4 is 17.4 Å². The second kappa shape index (κ2) is 4.61. The van der Waals surface area contributed by atoms with Gasteiger partial charge in [-0.2, -0.15) is 0 Å². The van der Waals surface area contributed by atoms with Gasteiger partial charge in [-0.1, -0.05) is 0 Å². The van der Waals surface area contributed by atoms with Crippen LogP contribution in [0.2, 0.25) is 0 Å². The molecule has 6 nitrogen and oxygen atoms in total. The molecule has 15 heavy (non-hydrogen) atoms. The van der Waals surface area contributed by atoms with Gasteiger partial charge in [-0.25, -0.2) is 4.98 Å². The molecule has 1 unspecified atom stereocenters. The molecule has 6 heteroatoms. The molecule has 1 rings (SSSR count). The number of primary amides is 1. The highest BCUT2D eigenvalue weighted by molar-refractivity contribution is 5.79. The summed E-state index contributed by atoms with van der Waals surface area (Å²) < 4.78 is 0. The fraction of sp³-hybridized carbons (Fsp3) is 0.333. The van der Waals surface area contributed by atoms with Gasteiger partial charge < -0.3 is 21.9 Å². The number of aromatic nitrogens is 1. The fourth-order valence-electron chi connectivity index (χ4n) is 1.00. The highest BCUT2D eigenvalue weighted by atomic mass is 16.3. The first kappa shape index (κ1) is 11.3. The molecule has 1 aromatic heterocycles. The second-order valence-corrected chi connectivity index (χ2v) is 3.19. The van der Waals surface area contributed by atoms with Crippen LogP contribution in [-0.2, 0) is 4.79 Å². The van der Waals surface area contributed by atoms with Crippen LogP contribution < -0.4 is 16.8 Å². The van der Waals surface area contributed by atoms with E-state index >= 15 is 0 Å². The number of hydrogen-bond acceptors (Lipinski definition) is 5. The van der Waals surface area contributed by atoms with Crippen molar-refractivity contribution in [2.75, 3.05) is 17.6 Å². The first-order chi connectivity index (χ1) is 7.00. The van der Waals surface area contributed by atoms with Gasteiger partial charge in [0.25, 0.3) is 0 Å². The van der Waals surface area contributed by atoms with Crippen molar-refractivity contribution in [1.29, 1.82) is 0 Å². The third-order valence-electron chi connectivity index (χ3n) is 1.86. The van der Waals surface area contributed by atoms with Crippen LogP contribution in [0.1, 0.15) is 5.69 Å². The predicted octanol–water partition coefficient (Wildman–Crippen LogP) is -0.770. The normalized spacial score (nSPS) is 12.1. The third kappa shape index (κ3) is 3.10. The first-order valence-electron chi connectivity index (χ1n) is 4.45. The van der Waals surface area contributed by atoms with Gasteiger partial charge in [0.1, 0.15) is 11.9 Å². The summed E-state index contributed by atoms with van der Waals surface area (Å²) in [6.07, 6.45) is -1.24. The van der Waals surface area contributed by atoms with Gasteiger partial charge in [-0.15, -0.1) is 0 Å². The number of nitrogens with zero attached hydrogens (tertiary/aromatic N) is 1. The summed E-state index contributed by atoms with van der Waals surface area (Å²) in [6, 6.07) is 3.46. The van der Waals surface area contributed by atoms with E-state index in [9.17, 15) is 4.79 Å². The maximum Gasteiger partial charge on any atom is 0.248 e. The van der Waals surface area contributed by atoms with E-state index in [1.807, 2.05) is 6.92 Å². The molecule has 0 saturated heterocycles. The van der Waals surface area contributed by atoms with Crippen molar-refractivity contribution in [3.05, 3.63) is 17.8 Å². The molecule has 1 atom stereocenters. The van der Waals surface area contributed by atoms with E-state index in [0.29, 0.717) is 11.5 Å². The number of amides is 1. The number of nitrogens with one attached hydrogen (secondary N) is 1. The van der Waals surface area contributed by atoms with E-state index in [1.54, 1.807) is 12.1 Å². The lowest BCUT2D eigenvalue weighted by molar-refractivity contribution is -0.125. The molecule has 1 heterocycles. The zero-order valence-electron chi connectivity index (χ0n) is 8.40. The largest absolute Gasteiger partial charge is 0.396 e. The number of pyridine rings is 1. The van der Waals surface area contributed by atoms with Crippen LogP contribution >= 0.6 is 0 Å². The zero-order chi connectivity index (χ0) is 11.4. The SMILES string of the molecule is Cc1ccc(N)c(NCC(O)C(N)=O)n1. The lowest BCUT2D eigenvalue weighted by Gasteiger charge is -2.11. The molecule has 0 bridgehead atoms. The number of carbonyl (C=O) groups excluding carboxylic acids is 1. The number of nitrogen functional groups attached to an aromatic ring is 1. The smallest absolute Gasteiger partial charge is 0.248 e. The Hall–Kier alpha value is -1.82. The number of aryl methyl sites for hydroxylation is 1. The van der Waals surface area contributed by atoms with Gasteiger partial charge in [-0.3, -0.25) is 4.79 Å². The maximum atomic E-state index is 10.6. The number of hydrogen-bond donors (Lipinski definition) is 4. The molecular weight excluding hydrogens is 196 g/mol. The average molecular weight is 210 g/mol. The Morgan fingerprint density at radius 1 is 1.67 bits per heavy atom. The third-order valence-corrected chi connectivity index (χ3v) is 1.86. The van der Waals surface area contributed by atoms with Crippen LogP contribution in [0.15, 0.2) is 12.1 Å². The number of anilines is 2. The predicted molar refractivity (Wildman–Crippen MR) is 57.1 cm³/mol. The van der Waals surface area contributed by atoms with E-state index < -0.39 is 12.0 Å². The fourth-order valence-corrected chi connectivity index (χ4v) is 1.00. The van der Waals surface area contributed by atoms with E-state index in [0.717, 1.165) is 5.69 Å². The Balaban J connectivity index is 2.65.